The van der Waals surface area contributed by atoms with Crippen molar-refractivity contribution in [3.8, 4) is 0 Å². The molecule has 0 fully saturated rings. The van der Waals surface area contributed by atoms with Crippen molar-refractivity contribution in [1.82, 2.24) is 14.9 Å². The molecule has 0 aliphatic carbocycles. The van der Waals surface area contributed by atoms with E-state index in [0.717, 1.165) is 6.20 Å². The number of hydrogen-bond donors (Lipinski definition) is 3. The SMILES string of the molecule is CC(=O)N(C)C.O=C(O)c1c[nH]c(=O)[nH]c1=O. The van der Waals surface area contributed by atoms with Gasteiger partial charge in [-0.1, -0.05) is 0 Å². The molecule has 0 radical (unpaired) electrons. The van der Waals surface area contributed by atoms with E-state index in [0.29, 0.717) is 0 Å². The van der Waals surface area contributed by atoms with Gasteiger partial charge in [0.15, 0.2) is 0 Å². The molecular formula is C9H13N3O5. The first-order valence-electron chi connectivity index (χ1n) is 4.49. The number of carbonyl (C=O) groups is 2. The van der Waals surface area contributed by atoms with Crippen molar-refractivity contribution < 1.29 is 14.7 Å². The molecule has 0 unspecified atom stereocenters. The Morgan fingerprint density at radius 1 is 1.29 bits per heavy atom. The number of nitrogens with zero attached hydrogens (tertiary/aromatic N) is 1. The van der Waals surface area contributed by atoms with Crippen molar-refractivity contribution in [3.63, 3.8) is 0 Å². The number of carbonyl (C=O) groups excluding carboxylic acids is 1. The van der Waals surface area contributed by atoms with E-state index in [1.165, 1.54) is 11.8 Å². The number of rotatable bonds is 1. The monoisotopic (exact) mass is 243 g/mol. The van der Waals surface area contributed by atoms with Gasteiger partial charge in [0.25, 0.3) is 5.56 Å². The van der Waals surface area contributed by atoms with Gasteiger partial charge in [-0.05, 0) is 0 Å². The molecule has 1 amide bonds. The van der Waals surface area contributed by atoms with Gasteiger partial charge in [-0.2, -0.15) is 0 Å². The maximum absolute atomic E-state index is 10.6. The third-order valence-electron chi connectivity index (χ3n) is 1.68. The van der Waals surface area contributed by atoms with Gasteiger partial charge in [0.2, 0.25) is 5.91 Å². The largest absolute Gasteiger partial charge is 0.477 e. The molecule has 1 heterocycles. The zero-order chi connectivity index (χ0) is 13.6. The first-order chi connectivity index (χ1) is 7.75. The normalized spacial score (nSPS) is 8.88. The van der Waals surface area contributed by atoms with Crippen molar-refractivity contribution in [2.24, 2.45) is 0 Å². The lowest BCUT2D eigenvalue weighted by molar-refractivity contribution is -0.126. The zero-order valence-corrected chi connectivity index (χ0v) is 9.60. The molecule has 1 aromatic heterocycles. The van der Waals surface area contributed by atoms with Crippen LogP contribution in [0, 0.1) is 0 Å². The number of carboxylic acids is 1. The van der Waals surface area contributed by atoms with E-state index in [1.807, 2.05) is 4.98 Å². The molecule has 0 aromatic carbocycles. The lowest BCUT2D eigenvalue weighted by Crippen LogP contribution is -2.26. The zero-order valence-electron chi connectivity index (χ0n) is 9.60. The van der Waals surface area contributed by atoms with Crippen molar-refractivity contribution in [3.05, 3.63) is 32.6 Å². The number of aromatic carboxylic acids is 1. The van der Waals surface area contributed by atoms with Crippen molar-refractivity contribution in [2.45, 2.75) is 6.92 Å². The molecule has 0 spiro atoms. The Morgan fingerprint density at radius 3 is 2.06 bits per heavy atom. The van der Waals surface area contributed by atoms with E-state index in [9.17, 15) is 19.2 Å². The summed E-state index contributed by atoms with van der Waals surface area (Å²) < 4.78 is 0. The minimum absolute atomic E-state index is 0.0926. The van der Waals surface area contributed by atoms with E-state index < -0.39 is 22.8 Å². The minimum Gasteiger partial charge on any atom is -0.477 e. The molecule has 0 bridgehead atoms. The molecule has 1 rings (SSSR count). The highest BCUT2D eigenvalue weighted by atomic mass is 16.4. The number of nitrogens with one attached hydrogen (secondary N) is 2. The molecule has 0 saturated carbocycles. The quantitative estimate of drug-likeness (QED) is 0.575. The summed E-state index contributed by atoms with van der Waals surface area (Å²) in [6.07, 6.45) is 0.851. The smallest absolute Gasteiger partial charge is 0.342 e. The van der Waals surface area contributed by atoms with Crippen LogP contribution in [-0.4, -0.2) is 45.9 Å². The fourth-order valence-corrected chi connectivity index (χ4v) is 0.569. The van der Waals surface area contributed by atoms with E-state index >= 15 is 0 Å². The van der Waals surface area contributed by atoms with Crippen molar-refractivity contribution >= 4 is 11.9 Å². The van der Waals surface area contributed by atoms with E-state index in [2.05, 4.69) is 0 Å². The second-order valence-electron chi connectivity index (χ2n) is 3.20. The Bertz CT molecular complexity index is 514. The second kappa shape index (κ2) is 6.26. The summed E-state index contributed by atoms with van der Waals surface area (Å²) in [7, 11) is 3.45. The highest BCUT2D eigenvalue weighted by Gasteiger charge is 2.06. The van der Waals surface area contributed by atoms with Crippen LogP contribution in [0.5, 0.6) is 0 Å². The number of carboxylic acid groups (broad SMARTS) is 1. The summed E-state index contributed by atoms with van der Waals surface area (Å²) in [5.41, 5.74) is -2.11. The Hall–Kier alpha value is -2.38. The van der Waals surface area contributed by atoms with Gasteiger partial charge in [-0.25, -0.2) is 9.59 Å². The van der Waals surface area contributed by atoms with E-state index in [4.69, 9.17) is 5.11 Å². The lowest BCUT2D eigenvalue weighted by atomic mass is 10.3. The van der Waals surface area contributed by atoms with Crippen LogP contribution in [0.4, 0.5) is 0 Å². The Morgan fingerprint density at radius 2 is 1.76 bits per heavy atom. The van der Waals surface area contributed by atoms with Gasteiger partial charge < -0.3 is 15.0 Å². The van der Waals surface area contributed by atoms with Gasteiger partial charge in [-0.15, -0.1) is 0 Å². The first kappa shape index (κ1) is 14.6. The van der Waals surface area contributed by atoms with Crippen LogP contribution in [0.15, 0.2) is 15.8 Å². The Kier molecular flexibility index (Phi) is 5.38. The average molecular weight is 243 g/mol. The number of H-pyrrole nitrogens is 2. The number of hydrogen-bond acceptors (Lipinski definition) is 4. The molecule has 1 aromatic rings. The van der Waals surface area contributed by atoms with Crippen LogP contribution in [0.2, 0.25) is 0 Å². The summed E-state index contributed by atoms with van der Waals surface area (Å²) >= 11 is 0. The summed E-state index contributed by atoms with van der Waals surface area (Å²) in [6, 6.07) is 0. The molecular weight excluding hydrogens is 230 g/mol. The third kappa shape index (κ3) is 5.30. The van der Waals surface area contributed by atoms with Crippen LogP contribution < -0.4 is 11.2 Å². The Balaban J connectivity index is 0.000000366. The predicted octanol–water partition coefficient (Wildman–Crippen LogP) is -1.14. The minimum atomic E-state index is -1.37. The van der Waals surface area contributed by atoms with Crippen LogP contribution in [0.3, 0.4) is 0 Å². The number of amides is 1. The number of aromatic amines is 2. The maximum Gasteiger partial charge on any atom is 0.342 e. The fraction of sp³-hybridized carbons (Fsp3) is 0.333. The summed E-state index contributed by atoms with van der Waals surface area (Å²) in [5.74, 6) is -1.28. The maximum atomic E-state index is 10.6. The fourth-order valence-electron chi connectivity index (χ4n) is 0.569. The summed E-state index contributed by atoms with van der Waals surface area (Å²) in [4.78, 5) is 46.6. The summed E-state index contributed by atoms with van der Waals surface area (Å²) in [5, 5.41) is 8.31. The predicted molar refractivity (Wildman–Crippen MR) is 59.0 cm³/mol. The highest BCUT2D eigenvalue weighted by molar-refractivity contribution is 5.86. The molecule has 17 heavy (non-hydrogen) atoms. The molecule has 0 atom stereocenters. The summed E-state index contributed by atoms with van der Waals surface area (Å²) in [6.45, 7) is 1.53. The molecule has 3 N–H and O–H groups in total. The number of aromatic nitrogens is 2. The molecule has 0 saturated heterocycles. The second-order valence-corrected chi connectivity index (χ2v) is 3.20. The lowest BCUT2D eigenvalue weighted by Gasteiger charge is -2.02. The van der Waals surface area contributed by atoms with Crippen LogP contribution in [0.25, 0.3) is 0 Å². The van der Waals surface area contributed by atoms with Gasteiger partial charge >= 0.3 is 11.7 Å². The first-order valence-corrected chi connectivity index (χ1v) is 4.49. The standard InChI is InChI=1S/C5H4N2O4.C4H9NO/c8-3-2(4(9)10)1-6-5(11)7-3;1-4(6)5(2)3/h1H,(H,9,10)(H2,6,7,8,11);1-3H3. The third-order valence-corrected chi connectivity index (χ3v) is 1.68. The van der Waals surface area contributed by atoms with Crippen LogP contribution >= 0.6 is 0 Å². The van der Waals surface area contributed by atoms with Crippen LogP contribution in [0.1, 0.15) is 17.3 Å². The van der Waals surface area contributed by atoms with Gasteiger partial charge in [-0.3, -0.25) is 14.6 Å². The van der Waals surface area contributed by atoms with Crippen molar-refractivity contribution in [1.29, 1.82) is 0 Å². The van der Waals surface area contributed by atoms with E-state index in [-0.39, 0.29) is 5.91 Å². The molecule has 94 valence electrons. The van der Waals surface area contributed by atoms with Gasteiger partial charge in [0.05, 0.1) is 0 Å². The molecule has 8 heteroatoms. The van der Waals surface area contributed by atoms with Crippen LogP contribution in [-0.2, 0) is 4.79 Å². The van der Waals surface area contributed by atoms with Gasteiger partial charge in [0, 0.05) is 27.2 Å². The molecule has 8 nitrogen and oxygen atoms in total. The van der Waals surface area contributed by atoms with E-state index in [1.54, 1.807) is 19.1 Å². The van der Waals surface area contributed by atoms with Gasteiger partial charge in [0.1, 0.15) is 5.56 Å². The molecule has 0 aliphatic heterocycles. The highest BCUT2D eigenvalue weighted by Crippen LogP contribution is 1.81. The van der Waals surface area contributed by atoms with Crippen molar-refractivity contribution in [2.75, 3.05) is 14.1 Å². The average Bonchev–Trinajstić information content (AvgIpc) is 2.17. The Labute approximate surface area is 95.9 Å². The molecule has 0 aliphatic rings. The topological polar surface area (TPSA) is 123 Å².